The molecular weight excluding hydrogens is 238 g/mol. The molecule has 3 nitrogen and oxygen atoms in total. The first kappa shape index (κ1) is 13.1. The summed E-state index contributed by atoms with van der Waals surface area (Å²) in [4.78, 5) is 10.7. The van der Waals surface area contributed by atoms with Crippen molar-refractivity contribution in [2.24, 2.45) is 5.73 Å². The first-order valence-electron chi connectivity index (χ1n) is 6.33. The number of ether oxygens (including phenoxy) is 1. The van der Waals surface area contributed by atoms with E-state index in [1.807, 2.05) is 54.6 Å². The summed E-state index contributed by atoms with van der Waals surface area (Å²) >= 11 is 0. The van der Waals surface area contributed by atoms with E-state index in [2.05, 4.69) is 0 Å². The number of hydrogen-bond acceptors (Lipinski definition) is 2. The minimum atomic E-state index is -0.292. The average molecular weight is 255 g/mol. The van der Waals surface area contributed by atoms with Crippen molar-refractivity contribution in [1.82, 2.24) is 0 Å². The van der Waals surface area contributed by atoms with Crippen molar-refractivity contribution in [2.45, 2.75) is 12.8 Å². The Morgan fingerprint density at radius 3 is 2.42 bits per heavy atom. The molecule has 0 atom stereocenters. The Labute approximate surface area is 113 Å². The lowest BCUT2D eigenvalue weighted by Gasteiger charge is -2.11. The summed E-state index contributed by atoms with van der Waals surface area (Å²) < 4.78 is 5.73. The van der Waals surface area contributed by atoms with Gasteiger partial charge in [0.15, 0.2) is 0 Å². The molecule has 0 saturated heterocycles. The maximum Gasteiger partial charge on any atom is 0.217 e. The number of nitrogens with two attached hydrogens (primary N) is 1. The highest BCUT2D eigenvalue weighted by atomic mass is 16.5. The molecule has 2 aromatic carbocycles. The van der Waals surface area contributed by atoms with Gasteiger partial charge in [0.2, 0.25) is 5.91 Å². The second-order valence-corrected chi connectivity index (χ2v) is 4.28. The number of benzene rings is 2. The van der Waals surface area contributed by atoms with Gasteiger partial charge in [-0.25, -0.2) is 0 Å². The normalized spacial score (nSPS) is 10.1. The summed E-state index contributed by atoms with van der Waals surface area (Å²) in [7, 11) is 0. The monoisotopic (exact) mass is 255 g/mol. The van der Waals surface area contributed by atoms with Gasteiger partial charge in [0.05, 0.1) is 6.61 Å². The average Bonchev–Trinajstić information content (AvgIpc) is 2.45. The van der Waals surface area contributed by atoms with Gasteiger partial charge in [0.25, 0.3) is 0 Å². The summed E-state index contributed by atoms with van der Waals surface area (Å²) in [5.41, 5.74) is 7.27. The Morgan fingerprint density at radius 2 is 1.68 bits per heavy atom. The van der Waals surface area contributed by atoms with Gasteiger partial charge in [-0.1, -0.05) is 48.5 Å². The molecule has 0 aliphatic rings. The number of carbonyl (C=O) groups excluding carboxylic acids is 1. The fourth-order valence-electron chi connectivity index (χ4n) is 1.88. The molecule has 0 heterocycles. The number of primary amides is 1. The lowest BCUT2D eigenvalue weighted by Crippen LogP contribution is -2.11. The largest absolute Gasteiger partial charge is 0.493 e. The molecule has 2 aromatic rings. The van der Waals surface area contributed by atoms with Crippen molar-refractivity contribution in [3.8, 4) is 16.9 Å². The van der Waals surface area contributed by atoms with Crippen LogP contribution in [0.3, 0.4) is 0 Å². The van der Waals surface area contributed by atoms with Crippen LogP contribution < -0.4 is 10.5 Å². The second kappa shape index (κ2) is 6.59. The van der Waals surface area contributed by atoms with E-state index in [4.69, 9.17) is 10.5 Å². The van der Waals surface area contributed by atoms with Crippen LogP contribution in [0.15, 0.2) is 54.6 Å². The van der Waals surface area contributed by atoms with Crippen LogP contribution in [0.2, 0.25) is 0 Å². The summed E-state index contributed by atoms with van der Waals surface area (Å²) in [6, 6.07) is 18.0. The topological polar surface area (TPSA) is 52.3 Å². The first-order chi connectivity index (χ1) is 9.27. The standard InChI is InChI=1S/C16H17NO2/c17-16(18)11-6-12-19-15-10-5-4-9-14(15)13-7-2-1-3-8-13/h1-5,7-10H,6,11-12H2,(H2,17,18). The Kier molecular flexibility index (Phi) is 4.56. The third-order valence-corrected chi connectivity index (χ3v) is 2.80. The zero-order valence-electron chi connectivity index (χ0n) is 10.7. The smallest absolute Gasteiger partial charge is 0.217 e. The molecule has 0 radical (unpaired) electrons. The molecule has 0 fully saturated rings. The van der Waals surface area contributed by atoms with E-state index in [0.29, 0.717) is 19.4 Å². The van der Waals surface area contributed by atoms with Crippen molar-refractivity contribution >= 4 is 5.91 Å². The van der Waals surface area contributed by atoms with Crippen LogP contribution in [-0.2, 0) is 4.79 Å². The molecule has 1 amide bonds. The number of amides is 1. The van der Waals surface area contributed by atoms with Crippen LogP contribution in [0.4, 0.5) is 0 Å². The molecule has 0 unspecified atom stereocenters. The van der Waals surface area contributed by atoms with E-state index in [1.54, 1.807) is 0 Å². The van der Waals surface area contributed by atoms with Gasteiger partial charge >= 0.3 is 0 Å². The Morgan fingerprint density at radius 1 is 1.00 bits per heavy atom. The molecule has 0 aliphatic heterocycles. The van der Waals surface area contributed by atoms with Crippen molar-refractivity contribution in [3.05, 3.63) is 54.6 Å². The molecule has 0 aromatic heterocycles. The Bertz CT molecular complexity index is 537. The van der Waals surface area contributed by atoms with E-state index in [-0.39, 0.29) is 5.91 Å². The summed E-state index contributed by atoms with van der Waals surface area (Å²) in [5.74, 6) is 0.540. The fraction of sp³-hybridized carbons (Fsp3) is 0.188. The van der Waals surface area contributed by atoms with Crippen molar-refractivity contribution in [3.63, 3.8) is 0 Å². The molecule has 0 aliphatic carbocycles. The van der Waals surface area contributed by atoms with Gasteiger partial charge in [-0.05, 0) is 18.1 Å². The van der Waals surface area contributed by atoms with Crippen molar-refractivity contribution in [2.75, 3.05) is 6.61 Å². The van der Waals surface area contributed by atoms with Crippen LogP contribution >= 0.6 is 0 Å². The van der Waals surface area contributed by atoms with Crippen molar-refractivity contribution < 1.29 is 9.53 Å². The molecule has 0 bridgehead atoms. The third kappa shape index (κ3) is 3.85. The van der Waals surface area contributed by atoms with E-state index in [9.17, 15) is 4.79 Å². The number of rotatable bonds is 6. The maximum atomic E-state index is 10.7. The molecule has 0 spiro atoms. The first-order valence-corrected chi connectivity index (χ1v) is 6.33. The Hall–Kier alpha value is -2.29. The molecule has 0 saturated carbocycles. The lowest BCUT2D eigenvalue weighted by atomic mass is 10.1. The predicted molar refractivity (Wildman–Crippen MR) is 75.8 cm³/mol. The lowest BCUT2D eigenvalue weighted by molar-refractivity contribution is -0.118. The minimum Gasteiger partial charge on any atom is -0.493 e. The van der Waals surface area contributed by atoms with Crippen LogP contribution in [0.5, 0.6) is 5.75 Å². The van der Waals surface area contributed by atoms with Gasteiger partial charge in [0.1, 0.15) is 5.75 Å². The molecule has 2 rings (SSSR count). The second-order valence-electron chi connectivity index (χ2n) is 4.28. The van der Waals surface area contributed by atoms with Gasteiger partial charge in [-0.15, -0.1) is 0 Å². The van der Waals surface area contributed by atoms with E-state index < -0.39 is 0 Å². The maximum absolute atomic E-state index is 10.7. The SMILES string of the molecule is NC(=O)CCCOc1ccccc1-c1ccccc1. The van der Waals surface area contributed by atoms with E-state index in [1.165, 1.54) is 0 Å². The highest BCUT2D eigenvalue weighted by molar-refractivity contribution is 5.73. The number of hydrogen-bond donors (Lipinski definition) is 1. The Balaban J connectivity index is 2.07. The van der Waals surface area contributed by atoms with E-state index >= 15 is 0 Å². The van der Waals surface area contributed by atoms with Crippen LogP contribution in [0.25, 0.3) is 11.1 Å². The summed E-state index contributed by atoms with van der Waals surface area (Å²) in [5, 5.41) is 0. The molecule has 2 N–H and O–H groups in total. The van der Waals surface area contributed by atoms with Crippen molar-refractivity contribution in [1.29, 1.82) is 0 Å². The molecule has 98 valence electrons. The fourth-order valence-corrected chi connectivity index (χ4v) is 1.88. The van der Waals surface area contributed by atoms with Crippen LogP contribution in [0.1, 0.15) is 12.8 Å². The van der Waals surface area contributed by atoms with Gasteiger partial charge in [-0.3, -0.25) is 4.79 Å². The zero-order valence-corrected chi connectivity index (χ0v) is 10.7. The van der Waals surface area contributed by atoms with Gasteiger partial charge in [-0.2, -0.15) is 0 Å². The van der Waals surface area contributed by atoms with Crippen LogP contribution in [-0.4, -0.2) is 12.5 Å². The van der Waals surface area contributed by atoms with E-state index in [0.717, 1.165) is 16.9 Å². The quantitative estimate of drug-likeness (QED) is 0.807. The van der Waals surface area contributed by atoms with Gasteiger partial charge in [0, 0.05) is 12.0 Å². The number of carbonyl (C=O) groups is 1. The highest BCUT2D eigenvalue weighted by Crippen LogP contribution is 2.29. The minimum absolute atomic E-state index is 0.292. The highest BCUT2D eigenvalue weighted by Gasteiger charge is 2.05. The third-order valence-electron chi connectivity index (χ3n) is 2.80. The zero-order chi connectivity index (χ0) is 13.5. The molecule has 19 heavy (non-hydrogen) atoms. The summed E-state index contributed by atoms with van der Waals surface area (Å²) in [6.45, 7) is 0.493. The van der Waals surface area contributed by atoms with Crippen LogP contribution in [0, 0.1) is 0 Å². The van der Waals surface area contributed by atoms with Gasteiger partial charge < -0.3 is 10.5 Å². The predicted octanol–water partition coefficient (Wildman–Crippen LogP) is 3.00. The molecule has 3 heteroatoms. The number of para-hydroxylation sites is 1. The summed E-state index contributed by atoms with van der Waals surface area (Å²) in [6.07, 6.45) is 0.992. The molecular formula is C16H17NO2.